The van der Waals surface area contributed by atoms with Crippen molar-refractivity contribution in [2.24, 2.45) is 0 Å². The summed E-state index contributed by atoms with van der Waals surface area (Å²) in [7, 11) is 0. The predicted octanol–water partition coefficient (Wildman–Crippen LogP) is 3.07. The third-order valence-electron chi connectivity index (χ3n) is 2.66. The van der Waals surface area contributed by atoms with Crippen molar-refractivity contribution in [3.63, 3.8) is 0 Å². The van der Waals surface area contributed by atoms with Crippen LogP contribution in [-0.2, 0) is 0 Å². The third-order valence-corrected chi connectivity index (χ3v) is 3.31. The van der Waals surface area contributed by atoms with Gasteiger partial charge in [-0.15, -0.1) is 12.3 Å². The van der Waals surface area contributed by atoms with Crippen molar-refractivity contribution in [3.8, 4) is 12.3 Å². The molecule has 0 heterocycles. The maximum atomic E-state index is 11.8. The number of terminal acetylenes is 1. The van der Waals surface area contributed by atoms with Crippen LogP contribution in [0.2, 0.25) is 0 Å². The lowest BCUT2D eigenvalue weighted by Gasteiger charge is -2.15. The smallest absolute Gasteiger partial charge is 0.335 e. The number of hydrogen-bond acceptors (Lipinski definition) is 2. The summed E-state index contributed by atoms with van der Waals surface area (Å²) in [6.45, 7) is 1.93. The van der Waals surface area contributed by atoms with E-state index in [-0.39, 0.29) is 17.6 Å². The van der Waals surface area contributed by atoms with Gasteiger partial charge in [0, 0.05) is 16.9 Å². The fraction of sp³-hybridized carbons (Fsp3) is 0.286. The number of carboxylic acids is 1. The van der Waals surface area contributed by atoms with Gasteiger partial charge in [0.15, 0.2) is 0 Å². The lowest BCUT2D eigenvalue weighted by atomic mass is 10.1. The second-order valence-corrected chi connectivity index (χ2v) is 4.97. The quantitative estimate of drug-likeness (QED) is 0.722. The van der Waals surface area contributed by atoms with Gasteiger partial charge in [-0.2, -0.15) is 0 Å². The first-order chi connectivity index (χ1) is 9.47. The van der Waals surface area contributed by atoms with E-state index in [4.69, 9.17) is 11.5 Å². The van der Waals surface area contributed by atoms with Crippen molar-refractivity contribution >= 4 is 33.6 Å². The van der Waals surface area contributed by atoms with Gasteiger partial charge in [-0.3, -0.25) is 0 Å². The molecule has 0 aliphatic heterocycles. The Hall–Kier alpha value is -2.00. The molecule has 0 spiro atoms. The first kappa shape index (κ1) is 16.1. The van der Waals surface area contributed by atoms with Crippen molar-refractivity contribution in [3.05, 3.63) is 28.2 Å². The van der Waals surface area contributed by atoms with Gasteiger partial charge in [-0.25, -0.2) is 9.59 Å². The topological polar surface area (TPSA) is 78.4 Å². The summed E-state index contributed by atoms with van der Waals surface area (Å²) in [5.41, 5.74) is 0.629. The van der Waals surface area contributed by atoms with Gasteiger partial charge in [0.25, 0.3) is 0 Å². The Bertz CT molecular complexity index is 552. The van der Waals surface area contributed by atoms with Crippen molar-refractivity contribution in [1.29, 1.82) is 0 Å². The molecule has 3 N–H and O–H groups in total. The van der Waals surface area contributed by atoms with Crippen LogP contribution >= 0.6 is 15.9 Å². The Kier molecular flexibility index (Phi) is 6.07. The zero-order chi connectivity index (χ0) is 15.1. The molecule has 1 aromatic rings. The van der Waals surface area contributed by atoms with Crippen LogP contribution in [0.1, 0.15) is 30.1 Å². The molecule has 0 aliphatic carbocycles. The molecular weight excluding hydrogens is 324 g/mol. The molecule has 5 nitrogen and oxygen atoms in total. The molecule has 1 rings (SSSR count). The number of aromatic carboxylic acids is 1. The van der Waals surface area contributed by atoms with Crippen LogP contribution in [0.3, 0.4) is 0 Å². The standard InChI is InChI=1S/C14H15BrN2O3/c1-3-5-10(4-2)16-14(20)17-12-7-6-9(13(18)19)8-11(12)15/h1,6-8,10H,4-5H2,2H3,(H,18,19)(H2,16,17,20). The summed E-state index contributed by atoms with van der Waals surface area (Å²) in [6.07, 6.45) is 6.41. The van der Waals surface area contributed by atoms with E-state index in [1.54, 1.807) is 0 Å². The Morgan fingerprint density at radius 3 is 2.70 bits per heavy atom. The first-order valence-electron chi connectivity index (χ1n) is 6.01. The number of benzene rings is 1. The van der Waals surface area contributed by atoms with E-state index in [0.717, 1.165) is 6.42 Å². The molecule has 0 bridgehead atoms. The highest BCUT2D eigenvalue weighted by Crippen LogP contribution is 2.23. The second kappa shape index (κ2) is 7.56. The van der Waals surface area contributed by atoms with Gasteiger partial charge in [-0.1, -0.05) is 6.92 Å². The first-order valence-corrected chi connectivity index (χ1v) is 6.81. The largest absolute Gasteiger partial charge is 0.478 e. The summed E-state index contributed by atoms with van der Waals surface area (Å²) >= 11 is 3.22. The number of nitrogens with one attached hydrogen (secondary N) is 2. The zero-order valence-electron chi connectivity index (χ0n) is 10.9. The highest BCUT2D eigenvalue weighted by atomic mass is 79.9. The van der Waals surface area contributed by atoms with Crippen LogP contribution in [-0.4, -0.2) is 23.1 Å². The summed E-state index contributed by atoms with van der Waals surface area (Å²) in [4.78, 5) is 22.6. The van der Waals surface area contributed by atoms with Crippen molar-refractivity contribution < 1.29 is 14.7 Å². The summed E-state index contributed by atoms with van der Waals surface area (Å²) in [6, 6.07) is 3.90. The molecule has 6 heteroatoms. The molecule has 0 aliphatic rings. The number of anilines is 1. The molecule has 0 fully saturated rings. The fourth-order valence-corrected chi connectivity index (χ4v) is 2.01. The highest BCUT2D eigenvalue weighted by Gasteiger charge is 2.12. The van der Waals surface area contributed by atoms with Crippen LogP contribution < -0.4 is 10.6 Å². The lowest BCUT2D eigenvalue weighted by molar-refractivity contribution is 0.0697. The van der Waals surface area contributed by atoms with E-state index in [0.29, 0.717) is 16.6 Å². The van der Waals surface area contributed by atoms with Gasteiger partial charge >= 0.3 is 12.0 Å². The average Bonchev–Trinajstić information content (AvgIpc) is 2.40. The number of rotatable bonds is 5. The third kappa shape index (κ3) is 4.59. The fourth-order valence-electron chi connectivity index (χ4n) is 1.53. The van der Waals surface area contributed by atoms with E-state index in [1.807, 2.05) is 6.92 Å². The van der Waals surface area contributed by atoms with Gasteiger partial charge in [0.05, 0.1) is 11.3 Å². The van der Waals surface area contributed by atoms with Crippen molar-refractivity contribution in [2.75, 3.05) is 5.32 Å². The van der Waals surface area contributed by atoms with E-state index < -0.39 is 5.97 Å². The summed E-state index contributed by atoms with van der Waals surface area (Å²) in [5.74, 6) is 1.48. The maximum absolute atomic E-state index is 11.8. The Morgan fingerprint density at radius 1 is 1.50 bits per heavy atom. The second-order valence-electron chi connectivity index (χ2n) is 4.11. The SMILES string of the molecule is C#CCC(CC)NC(=O)Nc1ccc(C(=O)O)cc1Br. The Labute approximate surface area is 125 Å². The number of carbonyl (C=O) groups is 2. The maximum Gasteiger partial charge on any atom is 0.335 e. The van der Waals surface area contributed by atoms with Crippen molar-refractivity contribution in [1.82, 2.24) is 5.32 Å². The average molecular weight is 339 g/mol. The normalized spacial score (nSPS) is 11.2. The number of carboxylic acid groups (broad SMARTS) is 1. The van der Waals surface area contributed by atoms with E-state index in [2.05, 4.69) is 32.5 Å². The minimum atomic E-state index is -1.03. The van der Waals surface area contributed by atoms with E-state index in [1.165, 1.54) is 18.2 Å². The van der Waals surface area contributed by atoms with Crippen LogP contribution in [0.15, 0.2) is 22.7 Å². The van der Waals surface area contributed by atoms with Gasteiger partial charge in [0.1, 0.15) is 0 Å². The number of hydrogen-bond donors (Lipinski definition) is 3. The molecule has 0 saturated carbocycles. The Balaban J connectivity index is 2.71. The molecule has 106 valence electrons. The van der Waals surface area contributed by atoms with Gasteiger partial charge in [-0.05, 0) is 40.5 Å². The Morgan fingerprint density at radius 2 is 2.20 bits per heavy atom. The monoisotopic (exact) mass is 338 g/mol. The molecule has 1 aromatic carbocycles. The molecule has 0 aromatic heterocycles. The van der Waals surface area contributed by atoms with Gasteiger partial charge < -0.3 is 15.7 Å². The molecule has 1 unspecified atom stereocenters. The van der Waals surface area contributed by atoms with Gasteiger partial charge in [0.2, 0.25) is 0 Å². The minimum Gasteiger partial charge on any atom is -0.478 e. The van der Waals surface area contributed by atoms with Crippen LogP contribution in [0, 0.1) is 12.3 Å². The van der Waals surface area contributed by atoms with Crippen LogP contribution in [0.4, 0.5) is 10.5 Å². The van der Waals surface area contributed by atoms with Crippen LogP contribution in [0.25, 0.3) is 0 Å². The van der Waals surface area contributed by atoms with E-state index >= 15 is 0 Å². The molecule has 20 heavy (non-hydrogen) atoms. The molecule has 0 radical (unpaired) electrons. The highest BCUT2D eigenvalue weighted by molar-refractivity contribution is 9.10. The number of urea groups is 1. The predicted molar refractivity (Wildman–Crippen MR) is 80.8 cm³/mol. The summed E-state index contributed by atoms with van der Waals surface area (Å²) in [5, 5.41) is 14.2. The van der Waals surface area contributed by atoms with Crippen molar-refractivity contribution in [2.45, 2.75) is 25.8 Å². The zero-order valence-corrected chi connectivity index (χ0v) is 12.5. The van der Waals surface area contributed by atoms with E-state index in [9.17, 15) is 9.59 Å². The number of carbonyl (C=O) groups excluding carboxylic acids is 1. The molecule has 1 atom stereocenters. The minimum absolute atomic E-state index is 0.0860. The number of halogens is 1. The van der Waals surface area contributed by atoms with Crippen LogP contribution in [0.5, 0.6) is 0 Å². The number of amides is 2. The molecular formula is C14H15BrN2O3. The molecule has 0 saturated heterocycles. The molecule has 2 amide bonds. The summed E-state index contributed by atoms with van der Waals surface area (Å²) < 4.78 is 0.498. The lowest BCUT2D eigenvalue weighted by Crippen LogP contribution is -2.37.